The van der Waals surface area contributed by atoms with Crippen molar-refractivity contribution in [3.8, 4) is 0 Å². The Bertz CT molecular complexity index is 984. The molecule has 4 rings (SSSR count). The molecule has 2 fully saturated rings. The number of amides is 2. The van der Waals surface area contributed by atoms with Crippen LogP contribution >= 0.6 is 0 Å². The van der Waals surface area contributed by atoms with Gasteiger partial charge in [0.1, 0.15) is 5.82 Å². The number of pyridine rings is 1. The van der Waals surface area contributed by atoms with E-state index in [1.165, 1.54) is 6.07 Å². The van der Waals surface area contributed by atoms with Gasteiger partial charge in [0.05, 0.1) is 16.9 Å². The monoisotopic (exact) mass is 431 g/mol. The van der Waals surface area contributed by atoms with Gasteiger partial charge in [-0.3, -0.25) is 9.59 Å². The number of carbonyl (C=O) groups excluding carboxylic acids is 2. The first kappa shape index (κ1) is 21.3. The molecule has 0 radical (unpaired) electrons. The lowest BCUT2D eigenvalue weighted by molar-refractivity contribution is -0.139. The number of rotatable bonds is 4. The number of nitrogens with one attached hydrogen (secondary N) is 1. The Morgan fingerprint density at radius 1 is 1.19 bits per heavy atom. The number of nitrogens with zero attached hydrogens (tertiary/aromatic N) is 2. The second kappa shape index (κ2) is 7.98. The maximum Gasteiger partial charge on any atom is 0.416 e. The average Bonchev–Trinajstić information content (AvgIpc) is 3.56. The summed E-state index contributed by atoms with van der Waals surface area (Å²) in [6, 6.07) is 8.63. The number of alkyl halides is 3. The van der Waals surface area contributed by atoms with E-state index in [0.717, 1.165) is 17.7 Å². The topological polar surface area (TPSA) is 62.3 Å². The first-order valence-corrected chi connectivity index (χ1v) is 10.4. The summed E-state index contributed by atoms with van der Waals surface area (Å²) < 4.78 is 39.4. The normalized spacial score (nSPS) is 20.3. The molecule has 1 saturated heterocycles. The molecule has 164 valence electrons. The van der Waals surface area contributed by atoms with Gasteiger partial charge in [-0.05, 0) is 55.9 Å². The predicted molar refractivity (Wildman–Crippen MR) is 109 cm³/mol. The largest absolute Gasteiger partial charge is 0.416 e. The second-order valence-electron chi connectivity index (χ2n) is 8.46. The maximum absolute atomic E-state index is 13.3. The zero-order valence-corrected chi connectivity index (χ0v) is 17.2. The summed E-state index contributed by atoms with van der Waals surface area (Å²) in [5, 5.41) is 2.80. The zero-order chi connectivity index (χ0) is 22.2. The van der Waals surface area contributed by atoms with Crippen LogP contribution in [-0.2, 0) is 21.2 Å². The van der Waals surface area contributed by atoms with Crippen molar-refractivity contribution in [3.05, 3.63) is 59.3 Å². The number of likely N-dealkylation sites (tertiary alicyclic amines) is 1. The molecule has 5 nitrogen and oxygen atoms in total. The SMILES string of the molecule is Cc1ccc(NC(=O)C2CCCN(C(=O)C3(c4cccc(C(F)(F)F)c4)CC3)C2)nc1. The van der Waals surface area contributed by atoms with E-state index in [1.807, 2.05) is 13.0 Å². The number of hydrogen-bond donors (Lipinski definition) is 1. The Morgan fingerprint density at radius 3 is 2.61 bits per heavy atom. The molecule has 1 unspecified atom stereocenters. The summed E-state index contributed by atoms with van der Waals surface area (Å²) in [4.78, 5) is 31.8. The van der Waals surface area contributed by atoms with Crippen LogP contribution in [0, 0.1) is 12.8 Å². The minimum absolute atomic E-state index is 0.183. The molecule has 2 heterocycles. The maximum atomic E-state index is 13.3. The average molecular weight is 431 g/mol. The van der Waals surface area contributed by atoms with Gasteiger partial charge in [-0.15, -0.1) is 0 Å². The molecule has 31 heavy (non-hydrogen) atoms. The van der Waals surface area contributed by atoms with Gasteiger partial charge in [0.15, 0.2) is 0 Å². The van der Waals surface area contributed by atoms with Gasteiger partial charge in [0.25, 0.3) is 0 Å². The van der Waals surface area contributed by atoms with E-state index in [1.54, 1.807) is 23.2 Å². The van der Waals surface area contributed by atoms with Gasteiger partial charge >= 0.3 is 6.18 Å². The Kier molecular flexibility index (Phi) is 5.49. The third-order valence-electron chi connectivity index (χ3n) is 6.14. The number of benzene rings is 1. The van der Waals surface area contributed by atoms with Crippen LogP contribution in [0.1, 0.15) is 42.4 Å². The van der Waals surface area contributed by atoms with Crippen LogP contribution in [0.2, 0.25) is 0 Å². The number of anilines is 1. The summed E-state index contributed by atoms with van der Waals surface area (Å²) in [7, 11) is 0. The first-order valence-electron chi connectivity index (χ1n) is 10.4. The van der Waals surface area contributed by atoms with Crippen LogP contribution < -0.4 is 5.32 Å². The molecule has 1 atom stereocenters. The van der Waals surface area contributed by atoms with E-state index >= 15 is 0 Å². The summed E-state index contributed by atoms with van der Waals surface area (Å²) in [6.45, 7) is 2.67. The molecule has 1 aliphatic heterocycles. The van der Waals surface area contributed by atoms with Gasteiger partial charge in [0, 0.05) is 19.3 Å². The first-order chi connectivity index (χ1) is 14.7. The summed E-state index contributed by atoms with van der Waals surface area (Å²) in [6.07, 6.45) is -0.421. The fraction of sp³-hybridized carbons (Fsp3) is 0.435. The highest BCUT2D eigenvalue weighted by Crippen LogP contribution is 2.50. The van der Waals surface area contributed by atoms with E-state index in [0.29, 0.717) is 43.6 Å². The molecule has 1 N–H and O–H groups in total. The van der Waals surface area contributed by atoms with Crippen LogP contribution in [0.3, 0.4) is 0 Å². The number of aromatic nitrogens is 1. The van der Waals surface area contributed by atoms with Crippen LogP contribution in [0.4, 0.5) is 19.0 Å². The van der Waals surface area contributed by atoms with E-state index in [2.05, 4.69) is 10.3 Å². The quantitative estimate of drug-likeness (QED) is 0.785. The molecule has 2 aliphatic rings. The lowest BCUT2D eigenvalue weighted by Gasteiger charge is -2.34. The van der Waals surface area contributed by atoms with Crippen LogP contribution in [0.15, 0.2) is 42.6 Å². The van der Waals surface area contributed by atoms with Gasteiger partial charge in [0.2, 0.25) is 11.8 Å². The lowest BCUT2D eigenvalue weighted by atomic mass is 9.90. The van der Waals surface area contributed by atoms with Crippen molar-refractivity contribution in [3.63, 3.8) is 0 Å². The number of piperidine rings is 1. The molecular formula is C23H24F3N3O2. The Morgan fingerprint density at radius 2 is 1.97 bits per heavy atom. The van der Waals surface area contributed by atoms with Crippen molar-refractivity contribution < 1.29 is 22.8 Å². The molecule has 1 aromatic carbocycles. The Labute approximate surface area is 178 Å². The Hall–Kier alpha value is -2.90. The van der Waals surface area contributed by atoms with Crippen molar-refractivity contribution in [1.29, 1.82) is 0 Å². The van der Waals surface area contributed by atoms with Crippen molar-refractivity contribution in [2.45, 2.75) is 44.2 Å². The molecular weight excluding hydrogens is 407 g/mol. The Balaban J connectivity index is 1.46. The summed E-state index contributed by atoms with van der Waals surface area (Å²) in [5.41, 5.74) is -0.261. The van der Waals surface area contributed by atoms with Gasteiger partial charge in [-0.2, -0.15) is 13.2 Å². The zero-order valence-electron chi connectivity index (χ0n) is 17.2. The number of hydrogen-bond acceptors (Lipinski definition) is 3. The molecule has 8 heteroatoms. The van der Waals surface area contributed by atoms with Crippen molar-refractivity contribution >= 4 is 17.6 Å². The van der Waals surface area contributed by atoms with E-state index < -0.39 is 17.2 Å². The second-order valence-corrected chi connectivity index (χ2v) is 8.46. The highest BCUT2D eigenvalue weighted by Gasteiger charge is 2.54. The smallest absolute Gasteiger partial charge is 0.341 e. The highest BCUT2D eigenvalue weighted by molar-refractivity contribution is 5.94. The van der Waals surface area contributed by atoms with E-state index in [9.17, 15) is 22.8 Å². The molecule has 2 aromatic rings. The number of halogens is 3. The molecule has 1 aliphatic carbocycles. The third-order valence-corrected chi connectivity index (χ3v) is 6.14. The highest BCUT2D eigenvalue weighted by atomic mass is 19.4. The predicted octanol–water partition coefficient (Wildman–Crippen LogP) is 4.32. The van der Waals surface area contributed by atoms with Gasteiger partial charge in [-0.25, -0.2) is 4.98 Å². The fourth-order valence-electron chi connectivity index (χ4n) is 4.19. The van der Waals surface area contributed by atoms with E-state index in [-0.39, 0.29) is 24.3 Å². The van der Waals surface area contributed by atoms with Crippen molar-refractivity contribution in [2.24, 2.45) is 5.92 Å². The summed E-state index contributed by atoms with van der Waals surface area (Å²) in [5.74, 6) is -0.296. The third kappa shape index (κ3) is 4.43. The van der Waals surface area contributed by atoms with Crippen LogP contribution in [0.25, 0.3) is 0 Å². The van der Waals surface area contributed by atoms with Crippen LogP contribution in [0.5, 0.6) is 0 Å². The fourth-order valence-corrected chi connectivity index (χ4v) is 4.19. The van der Waals surface area contributed by atoms with E-state index in [4.69, 9.17) is 0 Å². The number of carbonyl (C=O) groups is 2. The molecule has 0 spiro atoms. The minimum Gasteiger partial charge on any atom is -0.341 e. The minimum atomic E-state index is -4.45. The van der Waals surface area contributed by atoms with Crippen molar-refractivity contribution in [2.75, 3.05) is 18.4 Å². The van der Waals surface area contributed by atoms with Crippen molar-refractivity contribution in [1.82, 2.24) is 9.88 Å². The molecule has 2 amide bonds. The van der Waals surface area contributed by atoms with Crippen LogP contribution in [-0.4, -0.2) is 34.8 Å². The molecule has 0 bridgehead atoms. The lowest BCUT2D eigenvalue weighted by Crippen LogP contribution is -2.47. The van der Waals surface area contributed by atoms with Gasteiger partial charge < -0.3 is 10.2 Å². The number of aryl methyl sites for hydroxylation is 1. The summed E-state index contributed by atoms with van der Waals surface area (Å²) >= 11 is 0. The van der Waals surface area contributed by atoms with Gasteiger partial charge in [-0.1, -0.05) is 24.3 Å². The molecule has 1 saturated carbocycles. The standard InChI is InChI=1S/C23H24F3N3O2/c1-15-7-8-19(27-13-15)28-20(30)16-4-3-11-29(14-16)21(31)22(9-10-22)17-5-2-6-18(12-17)23(24,25)26/h2,5-8,12-13,16H,3-4,9-11,14H2,1H3,(H,27,28,30). The molecule has 1 aromatic heterocycles.